The normalized spacial score (nSPS) is 41.6. The van der Waals surface area contributed by atoms with E-state index in [0.29, 0.717) is 16.2 Å². The van der Waals surface area contributed by atoms with Gasteiger partial charge < -0.3 is 0 Å². The highest BCUT2D eigenvalue weighted by atomic mass is 14.7. The lowest BCUT2D eigenvalue weighted by molar-refractivity contribution is -0.160. The summed E-state index contributed by atoms with van der Waals surface area (Å²) in [5, 5.41) is 0. The van der Waals surface area contributed by atoms with Crippen LogP contribution in [0.4, 0.5) is 0 Å². The molecule has 0 aliphatic heterocycles. The van der Waals surface area contributed by atoms with Gasteiger partial charge in [-0.2, -0.15) is 0 Å². The van der Waals surface area contributed by atoms with Crippen LogP contribution in [-0.2, 0) is 0 Å². The summed E-state index contributed by atoms with van der Waals surface area (Å²) in [4.78, 5) is 0. The van der Waals surface area contributed by atoms with Crippen LogP contribution in [0.5, 0.6) is 0 Å². The fraction of sp³-hybridized carbons (Fsp3) is 1.00. The van der Waals surface area contributed by atoms with Gasteiger partial charge in [0, 0.05) is 0 Å². The molecule has 27 heavy (non-hydrogen) atoms. The maximum atomic E-state index is 2.83. The first kappa shape index (κ1) is 20.3. The Labute approximate surface area is 170 Å². The predicted molar refractivity (Wildman–Crippen MR) is 118 cm³/mol. The van der Waals surface area contributed by atoms with Gasteiger partial charge in [-0.3, -0.25) is 0 Å². The van der Waals surface area contributed by atoms with Crippen molar-refractivity contribution in [1.82, 2.24) is 0 Å². The third-order valence-electron chi connectivity index (χ3n) is 11.1. The molecular weight excluding hydrogens is 324 g/mol. The molecule has 4 saturated carbocycles. The van der Waals surface area contributed by atoms with Gasteiger partial charge in [-0.15, -0.1) is 0 Å². The highest BCUT2D eigenvalue weighted by Gasteiger charge is 2.67. The molecule has 0 amide bonds. The molecule has 4 aliphatic rings. The summed E-state index contributed by atoms with van der Waals surface area (Å²) < 4.78 is 0. The monoisotopic (exact) mass is 372 g/mol. The van der Waals surface area contributed by atoms with Gasteiger partial charge in [0.15, 0.2) is 0 Å². The van der Waals surface area contributed by atoms with E-state index in [-0.39, 0.29) is 0 Å². The molecule has 0 heterocycles. The molecule has 0 heteroatoms. The topological polar surface area (TPSA) is 0 Å². The summed E-state index contributed by atoms with van der Waals surface area (Å²) in [7, 11) is 0. The van der Waals surface area contributed by atoms with E-state index in [1.54, 1.807) is 38.5 Å². The van der Waals surface area contributed by atoms with Crippen molar-refractivity contribution in [3.05, 3.63) is 0 Å². The largest absolute Gasteiger partial charge is 0.0651 e. The van der Waals surface area contributed by atoms with E-state index in [9.17, 15) is 0 Å². The van der Waals surface area contributed by atoms with Gasteiger partial charge in [0.05, 0.1) is 0 Å². The van der Waals surface area contributed by atoms with Crippen LogP contribution in [0.25, 0.3) is 0 Å². The molecule has 0 saturated heterocycles. The molecule has 5 unspecified atom stereocenters. The molecule has 156 valence electrons. The Morgan fingerprint density at radius 2 is 1.44 bits per heavy atom. The molecule has 0 aromatic carbocycles. The lowest BCUT2D eigenvalue weighted by atomic mass is 9.40. The van der Waals surface area contributed by atoms with E-state index in [4.69, 9.17) is 0 Å². The Balaban J connectivity index is 1.78. The second kappa shape index (κ2) is 7.68. The first-order valence-electron chi connectivity index (χ1n) is 13.0. The zero-order chi connectivity index (χ0) is 19.1. The molecule has 5 atom stereocenters. The Morgan fingerprint density at radius 1 is 0.815 bits per heavy atom. The number of fused-ring (bicyclic) bond motifs is 2. The third kappa shape index (κ3) is 2.97. The minimum absolute atomic E-state index is 0.595. The van der Waals surface area contributed by atoms with Crippen LogP contribution in [0.2, 0.25) is 0 Å². The van der Waals surface area contributed by atoms with Gasteiger partial charge >= 0.3 is 0 Å². The van der Waals surface area contributed by atoms with Crippen molar-refractivity contribution in [2.75, 3.05) is 0 Å². The Bertz CT molecular complexity index is 496. The van der Waals surface area contributed by atoms with Gasteiger partial charge in [0.2, 0.25) is 0 Å². The van der Waals surface area contributed by atoms with Crippen molar-refractivity contribution in [1.29, 1.82) is 0 Å². The van der Waals surface area contributed by atoms with Gasteiger partial charge in [0.25, 0.3) is 0 Å². The summed E-state index contributed by atoms with van der Waals surface area (Å²) in [6.07, 6.45) is 24.4. The number of hydrogen-bond acceptors (Lipinski definition) is 0. The molecule has 0 N–H and O–H groups in total. The fourth-order valence-electron chi connectivity index (χ4n) is 9.99. The first-order chi connectivity index (χ1) is 13.0. The first-order valence-corrected chi connectivity index (χ1v) is 13.0. The lowest BCUT2D eigenvalue weighted by Gasteiger charge is -2.64. The van der Waals surface area contributed by atoms with Crippen LogP contribution in [0.15, 0.2) is 0 Å². The molecule has 4 rings (SSSR count). The SMILES string of the molecule is CCC(C1CCCCC1)C(CC)(C1CCCCC1)C1(C)CC2CCC1(C)C2. The predicted octanol–water partition coefficient (Wildman–Crippen LogP) is 8.79. The second-order valence-electron chi connectivity index (χ2n) is 11.8. The van der Waals surface area contributed by atoms with Gasteiger partial charge in [0.1, 0.15) is 0 Å². The van der Waals surface area contributed by atoms with E-state index >= 15 is 0 Å². The van der Waals surface area contributed by atoms with E-state index in [2.05, 4.69) is 27.7 Å². The van der Waals surface area contributed by atoms with Crippen LogP contribution in [0.3, 0.4) is 0 Å². The van der Waals surface area contributed by atoms with Crippen molar-refractivity contribution in [2.45, 2.75) is 130 Å². The van der Waals surface area contributed by atoms with E-state index in [0.717, 1.165) is 23.7 Å². The molecule has 4 fully saturated rings. The highest BCUT2D eigenvalue weighted by Crippen LogP contribution is 2.75. The van der Waals surface area contributed by atoms with Crippen LogP contribution in [0.1, 0.15) is 130 Å². The van der Waals surface area contributed by atoms with Crippen molar-refractivity contribution < 1.29 is 0 Å². The summed E-state index contributed by atoms with van der Waals surface area (Å²) in [5.41, 5.74) is 1.85. The molecule has 0 aromatic heterocycles. The molecule has 0 nitrogen and oxygen atoms in total. The minimum atomic E-state index is 0.595. The molecule has 0 spiro atoms. The van der Waals surface area contributed by atoms with Gasteiger partial charge in [-0.05, 0) is 84.9 Å². The standard InChI is InChI=1S/C27H48/c1-5-24(22-13-9-7-10-14-22)27(6-2,23-15-11-8-12-16-23)26(4)20-21-17-18-25(26,3)19-21/h21-24H,5-20H2,1-4H3. The molecule has 2 bridgehead atoms. The summed E-state index contributed by atoms with van der Waals surface area (Å²) in [6, 6.07) is 0. The molecule has 0 radical (unpaired) electrons. The van der Waals surface area contributed by atoms with Crippen LogP contribution in [-0.4, -0.2) is 0 Å². The quantitative estimate of drug-likeness (QED) is 0.437. The van der Waals surface area contributed by atoms with Crippen molar-refractivity contribution in [3.8, 4) is 0 Å². The molecular formula is C27H48. The second-order valence-corrected chi connectivity index (χ2v) is 11.8. The van der Waals surface area contributed by atoms with Crippen molar-refractivity contribution in [3.63, 3.8) is 0 Å². The third-order valence-corrected chi connectivity index (χ3v) is 11.1. The maximum absolute atomic E-state index is 2.83. The van der Waals surface area contributed by atoms with E-state index in [1.807, 2.05) is 0 Å². The summed E-state index contributed by atoms with van der Waals surface area (Å²) in [6.45, 7) is 10.8. The van der Waals surface area contributed by atoms with Gasteiger partial charge in [-0.25, -0.2) is 0 Å². The van der Waals surface area contributed by atoms with Crippen LogP contribution >= 0.6 is 0 Å². The maximum Gasteiger partial charge on any atom is -0.0182 e. The summed E-state index contributed by atoms with van der Waals surface area (Å²) >= 11 is 0. The average molecular weight is 373 g/mol. The number of rotatable bonds is 6. The van der Waals surface area contributed by atoms with Gasteiger partial charge in [-0.1, -0.05) is 85.5 Å². The van der Waals surface area contributed by atoms with Crippen LogP contribution in [0, 0.1) is 39.9 Å². The fourth-order valence-corrected chi connectivity index (χ4v) is 9.99. The Morgan fingerprint density at radius 3 is 1.93 bits per heavy atom. The Kier molecular flexibility index (Phi) is 5.77. The lowest BCUT2D eigenvalue weighted by Crippen LogP contribution is -2.57. The van der Waals surface area contributed by atoms with Crippen LogP contribution < -0.4 is 0 Å². The highest BCUT2D eigenvalue weighted by molar-refractivity contribution is 5.16. The molecule has 0 aromatic rings. The zero-order valence-corrected chi connectivity index (χ0v) is 19.1. The average Bonchev–Trinajstić information content (AvgIpc) is 3.20. The smallest absolute Gasteiger partial charge is 0.0182 e. The van der Waals surface area contributed by atoms with Crippen molar-refractivity contribution in [2.24, 2.45) is 39.9 Å². The van der Waals surface area contributed by atoms with Crippen molar-refractivity contribution >= 4 is 0 Å². The Hall–Kier alpha value is 0. The minimum Gasteiger partial charge on any atom is -0.0651 e. The van der Waals surface area contributed by atoms with E-state index < -0.39 is 0 Å². The number of hydrogen-bond donors (Lipinski definition) is 0. The molecule has 4 aliphatic carbocycles. The summed E-state index contributed by atoms with van der Waals surface area (Å²) in [5.74, 6) is 4.10. The van der Waals surface area contributed by atoms with E-state index in [1.165, 1.54) is 64.2 Å². The zero-order valence-electron chi connectivity index (χ0n) is 19.1.